The van der Waals surface area contributed by atoms with E-state index in [2.05, 4.69) is 49.2 Å². The predicted octanol–water partition coefficient (Wildman–Crippen LogP) is 3.60. The molecule has 2 heterocycles. The standard InChI is InChI=1S/C17H29N3/c1-14(2)12-18-13-16-9-7-10-17(19-16)20-11-6-4-5-8-15(20)3/h7,9-10,14-15,18H,4-6,8,11-13H2,1-3H3. The number of hydrogen-bond acceptors (Lipinski definition) is 3. The van der Waals surface area contributed by atoms with Crippen molar-refractivity contribution >= 4 is 5.82 Å². The zero-order valence-electron chi connectivity index (χ0n) is 13.2. The van der Waals surface area contributed by atoms with Gasteiger partial charge in [-0.15, -0.1) is 0 Å². The van der Waals surface area contributed by atoms with Gasteiger partial charge in [-0.05, 0) is 44.4 Å². The van der Waals surface area contributed by atoms with Crippen molar-refractivity contribution in [3.63, 3.8) is 0 Å². The van der Waals surface area contributed by atoms with E-state index in [1.807, 2.05) is 0 Å². The first-order chi connectivity index (χ1) is 9.66. The maximum atomic E-state index is 4.85. The number of rotatable bonds is 5. The third-order valence-corrected chi connectivity index (χ3v) is 4.00. The molecule has 1 fully saturated rings. The van der Waals surface area contributed by atoms with Crippen molar-refractivity contribution in [2.24, 2.45) is 5.92 Å². The Morgan fingerprint density at radius 2 is 2.15 bits per heavy atom. The molecule has 0 aliphatic carbocycles. The van der Waals surface area contributed by atoms with Gasteiger partial charge in [-0.2, -0.15) is 0 Å². The van der Waals surface area contributed by atoms with Crippen molar-refractivity contribution in [3.05, 3.63) is 23.9 Å². The molecule has 0 radical (unpaired) electrons. The lowest BCUT2D eigenvalue weighted by molar-refractivity contribution is 0.547. The van der Waals surface area contributed by atoms with Crippen LogP contribution in [0.15, 0.2) is 18.2 Å². The molecule has 1 unspecified atom stereocenters. The smallest absolute Gasteiger partial charge is 0.129 e. The van der Waals surface area contributed by atoms with Crippen LogP contribution in [-0.4, -0.2) is 24.1 Å². The molecule has 0 amide bonds. The lowest BCUT2D eigenvalue weighted by atomic mass is 10.1. The van der Waals surface area contributed by atoms with Gasteiger partial charge in [-0.3, -0.25) is 0 Å². The van der Waals surface area contributed by atoms with E-state index >= 15 is 0 Å². The van der Waals surface area contributed by atoms with Crippen LogP contribution in [0.5, 0.6) is 0 Å². The number of hydrogen-bond donors (Lipinski definition) is 1. The van der Waals surface area contributed by atoms with Crippen LogP contribution in [0, 0.1) is 5.92 Å². The van der Waals surface area contributed by atoms with E-state index in [1.165, 1.54) is 25.7 Å². The summed E-state index contributed by atoms with van der Waals surface area (Å²) in [5.74, 6) is 1.84. The molecule has 2 rings (SSSR count). The molecule has 112 valence electrons. The number of nitrogens with one attached hydrogen (secondary N) is 1. The summed E-state index contributed by atoms with van der Waals surface area (Å²) in [6.45, 7) is 9.86. The molecule has 0 bridgehead atoms. The number of nitrogens with zero attached hydrogens (tertiary/aromatic N) is 2. The number of aromatic nitrogens is 1. The van der Waals surface area contributed by atoms with Crippen molar-refractivity contribution < 1.29 is 0 Å². The van der Waals surface area contributed by atoms with Crippen LogP contribution in [0.3, 0.4) is 0 Å². The summed E-state index contributed by atoms with van der Waals surface area (Å²) in [6, 6.07) is 7.04. The fourth-order valence-corrected chi connectivity index (χ4v) is 2.83. The molecule has 1 aromatic rings. The second-order valence-corrected chi connectivity index (χ2v) is 6.40. The molecular weight excluding hydrogens is 246 g/mol. The summed E-state index contributed by atoms with van der Waals surface area (Å²) >= 11 is 0. The van der Waals surface area contributed by atoms with Gasteiger partial charge in [0.15, 0.2) is 0 Å². The van der Waals surface area contributed by atoms with Gasteiger partial charge in [0.1, 0.15) is 5.82 Å². The van der Waals surface area contributed by atoms with Crippen molar-refractivity contribution in [1.82, 2.24) is 10.3 Å². The Bertz CT molecular complexity index is 403. The number of anilines is 1. The molecule has 1 N–H and O–H groups in total. The maximum Gasteiger partial charge on any atom is 0.129 e. The first kappa shape index (κ1) is 15.3. The average Bonchev–Trinajstić information content (AvgIpc) is 2.63. The van der Waals surface area contributed by atoms with Crippen molar-refractivity contribution in [2.45, 2.75) is 59.0 Å². The van der Waals surface area contributed by atoms with Crippen LogP contribution in [0.1, 0.15) is 52.1 Å². The van der Waals surface area contributed by atoms with Gasteiger partial charge < -0.3 is 10.2 Å². The van der Waals surface area contributed by atoms with Gasteiger partial charge in [0.25, 0.3) is 0 Å². The van der Waals surface area contributed by atoms with E-state index in [0.717, 1.165) is 31.1 Å². The fourth-order valence-electron chi connectivity index (χ4n) is 2.83. The van der Waals surface area contributed by atoms with Crippen LogP contribution in [-0.2, 0) is 6.54 Å². The molecule has 1 saturated heterocycles. The Labute approximate surface area is 123 Å². The summed E-state index contributed by atoms with van der Waals surface area (Å²) < 4.78 is 0. The second kappa shape index (κ2) is 7.63. The van der Waals surface area contributed by atoms with Gasteiger partial charge in [0.05, 0.1) is 5.69 Å². The van der Waals surface area contributed by atoms with Gasteiger partial charge in [-0.1, -0.05) is 32.8 Å². The highest BCUT2D eigenvalue weighted by atomic mass is 15.2. The van der Waals surface area contributed by atoms with Gasteiger partial charge in [-0.25, -0.2) is 4.98 Å². The summed E-state index contributed by atoms with van der Waals surface area (Å²) in [5, 5.41) is 3.47. The molecule has 1 aliphatic heterocycles. The summed E-state index contributed by atoms with van der Waals surface area (Å²) in [5.41, 5.74) is 1.15. The minimum absolute atomic E-state index is 0.615. The van der Waals surface area contributed by atoms with Crippen LogP contribution < -0.4 is 10.2 Å². The predicted molar refractivity (Wildman–Crippen MR) is 86.1 cm³/mol. The maximum absolute atomic E-state index is 4.85. The molecule has 0 spiro atoms. The number of pyridine rings is 1. The zero-order valence-corrected chi connectivity index (χ0v) is 13.2. The summed E-state index contributed by atoms with van der Waals surface area (Å²) in [6.07, 6.45) is 5.29. The Hall–Kier alpha value is -1.09. The molecule has 3 heteroatoms. The minimum Gasteiger partial charge on any atom is -0.354 e. The van der Waals surface area contributed by atoms with Gasteiger partial charge >= 0.3 is 0 Å². The Kier molecular flexibility index (Phi) is 5.84. The zero-order chi connectivity index (χ0) is 14.4. The average molecular weight is 275 g/mol. The minimum atomic E-state index is 0.615. The first-order valence-electron chi connectivity index (χ1n) is 8.10. The second-order valence-electron chi connectivity index (χ2n) is 6.40. The van der Waals surface area contributed by atoms with E-state index in [1.54, 1.807) is 0 Å². The van der Waals surface area contributed by atoms with E-state index in [4.69, 9.17) is 4.98 Å². The lowest BCUT2D eigenvalue weighted by Crippen LogP contribution is -2.33. The highest BCUT2D eigenvalue weighted by molar-refractivity contribution is 5.40. The van der Waals surface area contributed by atoms with Crippen molar-refractivity contribution in [1.29, 1.82) is 0 Å². The fraction of sp³-hybridized carbons (Fsp3) is 0.706. The molecule has 3 nitrogen and oxygen atoms in total. The lowest BCUT2D eigenvalue weighted by Gasteiger charge is -2.28. The van der Waals surface area contributed by atoms with Crippen LogP contribution in [0.4, 0.5) is 5.82 Å². The topological polar surface area (TPSA) is 28.2 Å². The van der Waals surface area contributed by atoms with E-state index in [-0.39, 0.29) is 0 Å². The normalized spacial score (nSPS) is 20.2. The van der Waals surface area contributed by atoms with Crippen LogP contribution in [0.2, 0.25) is 0 Å². The monoisotopic (exact) mass is 275 g/mol. The van der Waals surface area contributed by atoms with Crippen molar-refractivity contribution in [3.8, 4) is 0 Å². The van der Waals surface area contributed by atoms with E-state index < -0.39 is 0 Å². The molecule has 1 aromatic heterocycles. The van der Waals surface area contributed by atoms with Gasteiger partial charge in [0, 0.05) is 19.1 Å². The molecule has 0 aromatic carbocycles. The van der Waals surface area contributed by atoms with E-state index in [0.29, 0.717) is 12.0 Å². The highest BCUT2D eigenvalue weighted by Crippen LogP contribution is 2.22. The molecule has 1 aliphatic rings. The van der Waals surface area contributed by atoms with E-state index in [9.17, 15) is 0 Å². The molecule has 0 saturated carbocycles. The first-order valence-corrected chi connectivity index (χ1v) is 8.10. The third kappa shape index (κ3) is 4.48. The third-order valence-electron chi connectivity index (χ3n) is 4.00. The van der Waals surface area contributed by atoms with Crippen LogP contribution in [0.25, 0.3) is 0 Å². The summed E-state index contributed by atoms with van der Waals surface area (Å²) in [4.78, 5) is 7.33. The highest BCUT2D eigenvalue weighted by Gasteiger charge is 2.18. The molecular formula is C17H29N3. The molecule has 20 heavy (non-hydrogen) atoms. The van der Waals surface area contributed by atoms with Gasteiger partial charge in [0.2, 0.25) is 0 Å². The van der Waals surface area contributed by atoms with Crippen molar-refractivity contribution in [2.75, 3.05) is 18.0 Å². The Morgan fingerprint density at radius 1 is 1.30 bits per heavy atom. The quantitative estimate of drug-likeness (QED) is 0.890. The molecule has 1 atom stereocenters. The SMILES string of the molecule is CC(C)CNCc1cccc(N2CCCCCC2C)n1. The van der Waals surface area contributed by atoms with Crippen LogP contribution >= 0.6 is 0 Å². The summed E-state index contributed by atoms with van der Waals surface area (Å²) in [7, 11) is 0. The largest absolute Gasteiger partial charge is 0.354 e. The Balaban J connectivity index is 2.00. The Morgan fingerprint density at radius 3 is 2.95 bits per heavy atom.